The summed E-state index contributed by atoms with van der Waals surface area (Å²) in [5.74, 6) is 0.192. The molecular weight excluding hydrogens is 306 g/mol. The maximum absolute atomic E-state index is 12.1. The molecule has 6 nitrogen and oxygen atoms in total. The minimum Gasteiger partial charge on any atom is -0.451 e. The van der Waals surface area contributed by atoms with Gasteiger partial charge in [0, 0.05) is 11.4 Å². The zero-order chi connectivity index (χ0) is 17.1. The molecule has 0 spiro atoms. The van der Waals surface area contributed by atoms with Crippen LogP contribution >= 0.6 is 0 Å². The Morgan fingerprint density at radius 3 is 2.92 bits per heavy atom. The Morgan fingerprint density at radius 2 is 2.08 bits per heavy atom. The van der Waals surface area contributed by atoms with Crippen LogP contribution in [-0.4, -0.2) is 34.7 Å². The molecule has 0 radical (unpaired) electrons. The average Bonchev–Trinajstić information content (AvgIpc) is 3.01. The van der Waals surface area contributed by atoms with Crippen LogP contribution in [0.25, 0.3) is 10.9 Å². The van der Waals surface area contributed by atoms with Gasteiger partial charge in [-0.15, -0.1) is 0 Å². The highest BCUT2D eigenvalue weighted by Crippen LogP contribution is 2.29. The number of aromatic amines is 1. The van der Waals surface area contributed by atoms with Crippen molar-refractivity contribution in [1.82, 2.24) is 15.5 Å². The summed E-state index contributed by atoms with van der Waals surface area (Å²) in [6, 6.07) is 7.46. The lowest BCUT2D eigenvalue weighted by molar-refractivity contribution is -0.125. The molecule has 1 aliphatic rings. The van der Waals surface area contributed by atoms with Crippen LogP contribution < -0.4 is 5.32 Å². The number of fused-ring (bicyclic) bond motifs is 1. The molecule has 1 aliphatic carbocycles. The lowest BCUT2D eigenvalue weighted by Crippen LogP contribution is -2.45. The largest absolute Gasteiger partial charge is 0.451 e. The van der Waals surface area contributed by atoms with E-state index in [2.05, 4.69) is 29.4 Å². The van der Waals surface area contributed by atoms with Crippen molar-refractivity contribution in [3.05, 3.63) is 30.0 Å². The fourth-order valence-corrected chi connectivity index (χ4v) is 3.35. The molecule has 3 atom stereocenters. The molecule has 0 aliphatic heterocycles. The second-order valence-electron chi connectivity index (χ2n) is 6.64. The van der Waals surface area contributed by atoms with E-state index in [1.807, 2.05) is 18.2 Å². The molecule has 0 saturated heterocycles. The number of ether oxygens (including phenoxy) is 1. The van der Waals surface area contributed by atoms with Crippen LogP contribution in [0.2, 0.25) is 0 Å². The van der Waals surface area contributed by atoms with Crippen LogP contribution in [0.3, 0.4) is 0 Å². The van der Waals surface area contributed by atoms with Crippen molar-refractivity contribution >= 4 is 22.8 Å². The van der Waals surface area contributed by atoms with Crippen molar-refractivity contribution in [2.45, 2.75) is 39.2 Å². The Bertz CT molecular complexity index is 740. The summed E-state index contributed by atoms with van der Waals surface area (Å²) < 4.78 is 5.13. The van der Waals surface area contributed by atoms with Gasteiger partial charge < -0.3 is 10.1 Å². The van der Waals surface area contributed by atoms with Crippen molar-refractivity contribution in [2.75, 3.05) is 6.61 Å². The van der Waals surface area contributed by atoms with Gasteiger partial charge in [0.2, 0.25) is 0 Å². The van der Waals surface area contributed by atoms with E-state index in [0.717, 1.165) is 18.4 Å². The van der Waals surface area contributed by atoms with Crippen LogP contribution in [-0.2, 0) is 9.53 Å². The molecule has 2 N–H and O–H groups in total. The molecule has 1 amide bonds. The number of amides is 1. The quantitative estimate of drug-likeness (QED) is 0.845. The first-order chi connectivity index (χ1) is 11.6. The monoisotopic (exact) mass is 329 g/mol. The van der Waals surface area contributed by atoms with Crippen molar-refractivity contribution in [1.29, 1.82) is 0 Å². The smallest absolute Gasteiger partial charge is 0.359 e. The van der Waals surface area contributed by atoms with Crippen LogP contribution in [0.5, 0.6) is 0 Å². The number of aromatic nitrogens is 2. The predicted octanol–water partition coefficient (Wildman–Crippen LogP) is 2.66. The number of carbonyl (C=O) groups is 2. The van der Waals surface area contributed by atoms with Gasteiger partial charge in [-0.3, -0.25) is 9.89 Å². The molecule has 128 valence electrons. The summed E-state index contributed by atoms with van der Waals surface area (Å²) in [5, 5.41) is 10.4. The first-order valence-corrected chi connectivity index (χ1v) is 8.46. The maximum Gasteiger partial charge on any atom is 0.359 e. The zero-order valence-corrected chi connectivity index (χ0v) is 14.0. The third-order valence-electron chi connectivity index (χ3n) is 5.05. The number of hydrogen-bond donors (Lipinski definition) is 2. The topological polar surface area (TPSA) is 84.1 Å². The van der Waals surface area contributed by atoms with Gasteiger partial charge in [0.05, 0.1) is 5.52 Å². The minimum atomic E-state index is -0.590. The Hall–Kier alpha value is -2.37. The van der Waals surface area contributed by atoms with Crippen LogP contribution in [0, 0.1) is 11.8 Å². The van der Waals surface area contributed by atoms with E-state index in [9.17, 15) is 9.59 Å². The van der Waals surface area contributed by atoms with E-state index in [0.29, 0.717) is 17.2 Å². The Kier molecular flexibility index (Phi) is 4.83. The van der Waals surface area contributed by atoms with E-state index in [-0.39, 0.29) is 24.2 Å². The molecular formula is C18H23N3O3. The number of benzene rings is 1. The highest BCUT2D eigenvalue weighted by molar-refractivity contribution is 6.02. The van der Waals surface area contributed by atoms with E-state index in [1.54, 1.807) is 6.07 Å². The third kappa shape index (κ3) is 3.42. The van der Waals surface area contributed by atoms with E-state index >= 15 is 0 Å². The molecule has 3 rings (SSSR count). The number of rotatable bonds is 4. The number of para-hydroxylation sites is 1. The maximum atomic E-state index is 12.1. The molecule has 1 saturated carbocycles. The molecule has 6 heteroatoms. The molecule has 0 unspecified atom stereocenters. The normalized spacial score (nSPS) is 23.8. The Labute approximate surface area is 141 Å². The van der Waals surface area contributed by atoms with Crippen LogP contribution in [0.1, 0.15) is 43.6 Å². The SMILES string of the molecule is C[C@H]1[C@H](C)CCC[C@@H]1NC(=O)COC(=O)c1n[nH]c2ccccc12. The van der Waals surface area contributed by atoms with Crippen LogP contribution in [0.15, 0.2) is 24.3 Å². The van der Waals surface area contributed by atoms with Crippen LogP contribution in [0.4, 0.5) is 0 Å². The number of H-pyrrole nitrogens is 1. The summed E-state index contributed by atoms with van der Waals surface area (Å²) in [6.07, 6.45) is 3.31. The van der Waals surface area contributed by atoms with E-state index in [1.165, 1.54) is 6.42 Å². The predicted molar refractivity (Wildman–Crippen MR) is 90.5 cm³/mol. The molecule has 1 heterocycles. The molecule has 1 fully saturated rings. The molecule has 1 aromatic carbocycles. The number of esters is 1. The van der Waals surface area contributed by atoms with Crippen molar-refractivity contribution in [2.24, 2.45) is 11.8 Å². The van der Waals surface area contributed by atoms with Crippen molar-refractivity contribution in [3.63, 3.8) is 0 Å². The highest BCUT2D eigenvalue weighted by atomic mass is 16.5. The van der Waals surface area contributed by atoms with Gasteiger partial charge in [0.1, 0.15) is 0 Å². The van der Waals surface area contributed by atoms with E-state index < -0.39 is 5.97 Å². The summed E-state index contributed by atoms with van der Waals surface area (Å²) in [6.45, 7) is 4.10. The lowest BCUT2D eigenvalue weighted by atomic mass is 9.78. The van der Waals surface area contributed by atoms with Gasteiger partial charge in [-0.2, -0.15) is 5.10 Å². The molecule has 1 aromatic heterocycles. The fraction of sp³-hybridized carbons (Fsp3) is 0.500. The van der Waals surface area contributed by atoms with Gasteiger partial charge in [-0.25, -0.2) is 4.79 Å². The number of hydrogen-bond acceptors (Lipinski definition) is 4. The van der Waals surface area contributed by atoms with Crippen molar-refractivity contribution in [3.8, 4) is 0 Å². The summed E-state index contributed by atoms with van der Waals surface area (Å²) in [4.78, 5) is 24.2. The van der Waals surface area contributed by atoms with Gasteiger partial charge in [-0.1, -0.05) is 44.9 Å². The first kappa shape index (κ1) is 16.5. The van der Waals surface area contributed by atoms with Gasteiger partial charge in [-0.05, 0) is 24.3 Å². The standard InChI is InChI=1S/C18H23N3O3/c1-11-6-5-9-14(12(11)2)19-16(22)10-24-18(23)17-13-7-3-4-8-15(13)20-21-17/h3-4,7-8,11-12,14H,5-6,9-10H2,1-2H3,(H,19,22)(H,20,21)/t11-,12+,14+/m1/s1. The summed E-state index contributed by atoms with van der Waals surface area (Å²) >= 11 is 0. The average molecular weight is 329 g/mol. The molecule has 2 aromatic rings. The summed E-state index contributed by atoms with van der Waals surface area (Å²) in [7, 11) is 0. The third-order valence-corrected chi connectivity index (χ3v) is 5.05. The number of carbonyl (C=O) groups excluding carboxylic acids is 2. The highest BCUT2D eigenvalue weighted by Gasteiger charge is 2.28. The second kappa shape index (κ2) is 7.03. The van der Waals surface area contributed by atoms with Gasteiger partial charge in [0.25, 0.3) is 5.91 Å². The number of nitrogens with zero attached hydrogens (tertiary/aromatic N) is 1. The lowest BCUT2D eigenvalue weighted by Gasteiger charge is -2.34. The second-order valence-corrected chi connectivity index (χ2v) is 6.64. The van der Waals surface area contributed by atoms with Gasteiger partial charge >= 0.3 is 5.97 Å². The van der Waals surface area contributed by atoms with Gasteiger partial charge in [0.15, 0.2) is 12.3 Å². The van der Waals surface area contributed by atoms with E-state index in [4.69, 9.17) is 4.74 Å². The zero-order valence-electron chi connectivity index (χ0n) is 14.0. The first-order valence-electron chi connectivity index (χ1n) is 8.46. The van der Waals surface area contributed by atoms with Crippen molar-refractivity contribution < 1.29 is 14.3 Å². The Morgan fingerprint density at radius 1 is 1.29 bits per heavy atom. The number of nitrogens with one attached hydrogen (secondary N) is 2. The molecule has 0 bridgehead atoms. The minimum absolute atomic E-state index is 0.158. The molecule has 24 heavy (non-hydrogen) atoms. The summed E-state index contributed by atoms with van der Waals surface area (Å²) in [5.41, 5.74) is 0.969. The fourth-order valence-electron chi connectivity index (χ4n) is 3.35. The Balaban J connectivity index is 1.55.